The SMILES string of the molecule is CCc1ccccc1OC(=O)C1CC1(Cl)Cl. The summed E-state index contributed by atoms with van der Waals surface area (Å²) < 4.78 is 4.37. The fraction of sp³-hybridized carbons (Fsp3) is 0.417. The molecule has 16 heavy (non-hydrogen) atoms. The number of ether oxygens (including phenoxy) is 1. The number of alkyl halides is 2. The first-order valence-corrected chi connectivity index (χ1v) is 5.97. The zero-order valence-electron chi connectivity index (χ0n) is 8.87. The van der Waals surface area contributed by atoms with E-state index in [1.165, 1.54) is 0 Å². The first kappa shape index (κ1) is 11.7. The fourth-order valence-electron chi connectivity index (χ4n) is 1.54. The van der Waals surface area contributed by atoms with Gasteiger partial charge >= 0.3 is 5.97 Å². The van der Waals surface area contributed by atoms with Crippen LogP contribution < -0.4 is 4.74 Å². The number of aryl methyl sites for hydroxylation is 1. The van der Waals surface area contributed by atoms with Crippen molar-refractivity contribution in [2.24, 2.45) is 5.92 Å². The Labute approximate surface area is 104 Å². The van der Waals surface area contributed by atoms with Crippen LogP contribution in [0.1, 0.15) is 18.9 Å². The van der Waals surface area contributed by atoms with E-state index in [1.807, 2.05) is 25.1 Å². The third-order valence-electron chi connectivity index (χ3n) is 2.67. The van der Waals surface area contributed by atoms with Gasteiger partial charge in [-0.2, -0.15) is 0 Å². The number of rotatable bonds is 3. The molecule has 0 amide bonds. The summed E-state index contributed by atoms with van der Waals surface area (Å²) in [4.78, 5) is 11.7. The van der Waals surface area contributed by atoms with E-state index in [4.69, 9.17) is 27.9 Å². The summed E-state index contributed by atoms with van der Waals surface area (Å²) in [7, 11) is 0. The van der Waals surface area contributed by atoms with E-state index >= 15 is 0 Å². The van der Waals surface area contributed by atoms with Gasteiger partial charge in [0.15, 0.2) is 0 Å². The highest BCUT2D eigenvalue weighted by Gasteiger charge is 2.57. The molecule has 1 aromatic carbocycles. The number of esters is 1. The second kappa shape index (κ2) is 4.27. The second-order valence-electron chi connectivity index (χ2n) is 3.90. The standard InChI is InChI=1S/C12H12Cl2O2/c1-2-8-5-3-4-6-10(8)16-11(15)9-7-12(9,13)14/h3-6,9H,2,7H2,1H3. The molecule has 1 aliphatic carbocycles. The van der Waals surface area contributed by atoms with E-state index in [-0.39, 0.29) is 11.9 Å². The predicted molar refractivity (Wildman–Crippen MR) is 64.0 cm³/mol. The first-order chi connectivity index (χ1) is 7.54. The maximum Gasteiger partial charge on any atom is 0.317 e. The van der Waals surface area contributed by atoms with E-state index in [2.05, 4.69) is 0 Å². The molecule has 0 spiro atoms. The normalized spacial score (nSPS) is 21.6. The summed E-state index contributed by atoms with van der Waals surface area (Å²) in [6, 6.07) is 7.47. The summed E-state index contributed by atoms with van der Waals surface area (Å²) in [6.45, 7) is 2.01. The van der Waals surface area contributed by atoms with Gasteiger partial charge in [0.1, 0.15) is 10.1 Å². The topological polar surface area (TPSA) is 26.3 Å². The highest BCUT2D eigenvalue weighted by Crippen LogP contribution is 2.53. The predicted octanol–water partition coefficient (Wildman–Crippen LogP) is 3.35. The van der Waals surface area contributed by atoms with Crippen LogP contribution in [0.25, 0.3) is 0 Å². The van der Waals surface area contributed by atoms with Crippen molar-refractivity contribution >= 4 is 29.2 Å². The van der Waals surface area contributed by atoms with E-state index < -0.39 is 4.33 Å². The Kier molecular flexibility index (Phi) is 3.13. The van der Waals surface area contributed by atoms with Crippen molar-refractivity contribution in [1.29, 1.82) is 0 Å². The van der Waals surface area contributed by atoms with Crippen molar-refractivity contribution in [1.82, 2.24) is 0 Å². The third-order valence-corrected chi connectivity index (χ3v) is 3.51. The van der Waals surface area contributed by atoms with Crippen molar-refractivity contribution in [3.05, 3.63) is 29.8 Å². The molecular formula is C12H12Cl2O2. The smallest absolute Gasteiger partial charge is 0.317 e. The van der Waals surface area contributed by atoms with E-state index in [1.54, 1.807) is 6.07 Å². The first-order valence-electron chi connectivity index (χ1n) is 5.22. The minimum atomic E-state index is -0.918. The Morgan fingerprint density at radius 2 is 2.12 bits per heavy atom. The second-order valence-corrected chi connectivity index (χ2v) is 5.44. The maximum absolute atomic E-state index is 11.7. The molecule has 1 saturated carbocycles. The lowest BCUT2D eigenvalue weighted by Gasteiger charge is -2.08. The minimum Gasteiger partial charge on any atom is -0.426 e. The Morgan fingerprint density at radius 1 is 1.50 bits per heavy atom. The minimum absolute atomic E-state index is 0.342. The van der Waals surface area contributed by atoms with Gasteiger partial charge in [-0.15, -0.1) is 23.2 Å². The summed E-state index contributed by atoms with van der Waals surface area (Å²) in [5, 5.41) is 0. The molecule has 0 heterocycles. The third kappa shape index (κ3) is 2.33. The van der Waals surface area contributed by atoms with Gasteiger partial charge in [-0.25, -0.2) is 0 Å². The number of para-hydroxylation sites is 1. The molecule has 1 atom stereocenters. The number of hydrogen-bond donors (Lipinski definition) is 0. The average molecular weight is 259 g/mol. The largest absolute Gasteiger partial charge is 0.426 e. The van der Waals surface area contributed by atoms with Gasteiger partial charge in [-0.1, -0.05) is 25.1 Å². The Balaban J connectivity index is 2.07. The van der Waals surface area contributed by atoms with Gasteiger partial charge < -0.3 is 4.74 Å². The molecule has 0 aromatic heterocycles. The van der Waals surface area contributed by atoms with E-state index in [9.17, 15) is 4.79 Å². The Bertz CT molecular complexity index is 415. The van der Waals surface area contributed by atoms with Crippen molar-refractivity contribution < 1.29 is 9.53 Å². The molecule has 0 radical (unpaired) electrons. The molecule has 86 valence electrons. The van der Waals surface area contributed by atoms with Gasteiger partial charge in [-0.05, 0) is 24.5 Å². The van der Waals surface area contributed by atoms with Crippen LogP contribution in [-0.2, 0) is 11.2 Å². The van der Waals surface area contributed by atoms with Crippen molar-refractivity contribution in [3.8, 4) is 5.75 Å². The van der Waals surface area contributed by atoms with Crippen LogP contribution >= 0.6 is 23.2 Å². The lowest BCUT2D eigenvalue weighted by molar-refractivity contribution is -0.135. The van der Waals surface area contributed by atoms with Crippen molar-refractivity contribution in [2.75, 3.05) is 0 Å². The lowest BCUT2D eigenvalue weighted by atomic mass is 10.1. The quantitative estimate of drug-likeness (QED) is 0.472. The average Bonchev–Trinajstić information content (AvgIpc) is 2.89. The molecule has 0 aliphatic heterocycles. The van der Waals surface area contributed by atoms with Gasteiger partial charge in [-0.3, -0.25) is 4.79 Å². The zero-order valence-corrected chi connectivity index (χ0v) is 10.4. The molecule has 2 rings (SSSR count). The molecule has 0 bridgehead atoms. The number of carbonyl (C=O) groups excluding carboxylic acids is 1. The summed E-state index contributed by atoms with van der Waals surface area (Å²) in [6.07, 6.45) is 1.30. The van der Waals surface area contributed by atoms with Gasteiger partial charge in [0, 0.05) is 0 Å². The number of carbonyl (C=O) groups is 1. The summed E-state index contributed by atoms with van der Waals surface area (Å²) in [5.74, 6) is -0.127. The maximum atomic E-state index is 11.7. The fourth-order valence-corrected chi connectivity index (χ4v) is 2.03. The van der Waals surface area contributed by atoms with Gasteiger partial charge in [0.25, 0.3) is 0 Å². The monoisotopic (exact) mass is 258 g/mol. The number of benzene rings is 1. The summed E-state index contributed by atoms with van der Waals surface area (Å²) in [5.41, 5.74) is 1.01. The molecule has 1 aliphatic rings. The molecule has 4 heteroatoms. The number of hydrogen-bond acceptors (Lipinski definition) is 2. The lowest BCUT2D eigenvalue weighted by Crippen LogP contribution is -2.14. The molecule has 1 aromatic rings. The summed E-state index contributed by atoms with van der Waals surface area (Å²) >= 11 is 11.6. The van der Waals surface area contributed by atoms with E-state index in [0.29, 0.717) is 12.2 Å². The Morgan fingerprint density at radius 3 is 2.69 bits per heavy atom. The Hall–Kier alpha value is -0.730. The van der Waals surface area contributed by atoms with Crippen LogP contribution in [0.15, 0.2) is 24.3 Å². The number of halogens is 2. The van der Waals surface area contributed by atoms with E-state index in [0.717, 1.165) is 12.0 Å². The van der Waals surface area contributed by atoms with Crippen LogP contribution in [0, 0.1) is 5.92 Å². The van der Waals surface area contributed by atoms with Gasteiger partial charge in [0.05, 0.1) is 5.92 Å². The van der Waals surface area contributed by atoms with Crippen LogP contribution in [0.2, 0.25) is 0 Å². The van der Waals surface area contributed by atoms with Gasteiger partial charge in [0.2, 0.25) is 0 Å². The molecule has 0 N–H and O–H groups in total. The van der Waals surface area contributed by atoms with Crippen molar-refractivity contribution in [2.45, 2.75) is 24.1 Å². The highest BCUT2D eigenvalue weighted by molar-refractivity contribution is 6.52. The van der Waals surface area contributed by atoms with Crippen LogP contribution in [-0.4, -0.2) is 10.3 Å². The zero-order chi connectivity index (χ0) is 11.8. The van der Waals surface area contributed by atoms with Crippen LogP contribution in [0.5, 0.6) is 5.75 Å². The molecule has 2 nitrogen and oxygen atoms in total. The molecule has 1 fully saturated rings. The van der Waals surface area contributed by atoms with Crippen LogP contribution in [0.3, 0.4) is 0 Å². The molecule has 1 unspecified atom stereocenters. The van der Waals surface area contributed by atoms with Crippen molar-refractivity contribution in [3.63, 3.8) is 0 Å². The highest BCUT2D eigenvalue weighted by atomic mass is 35.5. The molecular weight excluding hydrogens is 247 g/mol. The van der Waals surface area contributed by atoms with Crippen LogP contribution in [0.4, 0.5) is 0 Å². The molecule has 0 saturated heterocycles.